The lowest BCUT2D eigenvalue weighted by Crippen LogP contribution is -2.47. The number of ether oxygens (including phenoxy) is 2. The Morgan fingerprint density at radius 3 is 2.48 bits per heavy atom. The summed E-state index contributed by atoms with van der Waals surface area (Å²) >= 11 is 0. The van der Waals surface area contributed by atoms with Crippen LogP contribution < -0.4 is 15.8 Å². The maximum atomic E-state index is 14.3. The van der Waals surface area contributed by atoms with E-state index >= 15 is 0 Å². The van der Waals surface area contributed by atoms with E-state index in [-0.39, 0.29) is 17.1 Å². The van der Waals surface area contributed by atoms with Crippen LogP contribution in [-0.4, -0.2) is 46.8 Å². The van der Waals surface area contributed by atoms with Crippen molar-refractivity contribution in [3.8, 4) is 5.75 Å². The van der Waals surface area contributed by atoms with E-state index in [1.807, 2.05) is 0 Å². The molecule has 0 radical (unpaired) electrons. The molecule has 1 fully saturated rings. The standard InChI is InChI=1S/C20H19F5N4O4/c1-8-13(9-4-5-10(21)14(22)15(9)32-3)16(33-19(8,2)20(23,24)25)18(31)29-12-6-11(17(26)30)27-7-28-12/h4-8,13,16H,1-3H3,(H2,26,30)(H,27,28,29,31)/t8-,13+,16-,19-/m1/s1. The summed E-state index contributed by atoms with van der Waals surface area (Å²) in [5.41, 5.74) is 1.88. The number of hydrogen-bond acceptors (Lipinski definition) is 6. The molecular formula is C20H19F5N4O4. The molecule has 13 heteroatoms. The molecule has 1 saturated heterocycles. The lowest BCUT2D eigenvalue weighted by molar-refractivity contribution is -0.272. The van der Waals surface area contributed by atoms with Gasteiger partial charge in [-0.2, -0.15) is 17.6 Å². The van der Waals surface area contributed by atoms with Gasteiger partial charge < -0.3 is 20.5 Å². The molecule has 3 rings (SSSR count). The smallest absolute Gasteiger partial charge is 0.417 e. The van der Waals surface area contributed by atoms with Crippen LogP contribution in [-0.2, 0) is 9.53 Å². The van der Waals surface area contributed by atoms with E-state index in [1.165, 1.54) is 6.92 Å². The summed E-state index contributed by atoms with van der Waals surface area (Å²) in [4.78, 5) is 31.6. The number of methoxy groups -OCH3 is 1. The maximum absolute atomic E-state index is 14.3. The van der Waals surface area contributed by atoms with Crippen molar-refractivity contribution in [1.82, 2.24) is 9.97 Å². The van der Waals surface area contributed by atoms with Gasteiger partial charge in [-0.15, -0.1) is 0 Å². The van der Waals surface area contributed by atoms with Gasteiger partial charge in [0, 0.05) is 23.5 Å². The second-order valence-electron chi connectivity index (χ2n) is 7.58. The van der Waals surface area contributed by atoms with E-state index in [0.29, 0.717) is 0 Å². The number of alkyl halides is 3. The molecular weight excluding hydrogens is 455 g/mol. The maximum Gasteiger partial charge on any atom is 0.417 e. The number of carbonyl (C=O) groups excluding carboxylic acids is 2. The number of benzene rings is 1. The lowest BCUT2D eigenvalue weighted by atomic mass is 9.77. The number of aromatic nitrogens is 2. The van der Waals surface area contributed by atoms with Crippen LogP contribution in [0, 0.1) is 17.6 Å². The highest BCUT2D eigenvalue weighted by Crippen LogP contribution is 2.54. The fourth-order valence-corrected chi connectivity index (χ4v) is 3.80. The molecule has 1 aliphatic rings. The van der Waals surface area contributed by atoms with Gasteiger partial charge in [0.25, 0.3) is 11.8 Å². The van der Waals surface area contributed by atoms with Gasteiger partial charge in [-0.3, -0.25) is 9.59 Å². The Bertz CT molecular complexity index is 1100. The van der Waals surface area contributed by atoms with E-state index in [9.17, 15) is 31.5 Å². The lowest BCUT2D eigenvalue weighted by Gasteiger charge is -2.32. The number of rotatable bonds is 5. The first kappa shape index (κ1) is 24.3. The second kappa shape index (κ2) is 8.54. The van der Waals surface area contributed by atoms with Crippen molar-refractivity contribution in [2.24, 2.45) is 11.7 Å². The molecule has 2 aromatic rings. The SMILES string of the molecule is COc1c([C@@H]2[C@@H](C)[C@](C)(C(F)(F)F)O[C@H]2C(=O)Nc2cc(C(N)=O)ncn2)ccc(F)c1F. The predicted molar refractivity (Wildman–Crippen MR) is 103 cm³/mol. The summed E-state index contributed by atoms with van der Waals surface area (Å²) in [5.74, 6) is -8.36. The highest BCUT2D eigenvalue weighted by molar-refractivity contribution is 5.96. The van der Waals surface area contributed by atoms with E-state index in [2.05, 4.69) is 15.3 Å². The van der Waals surface area contributed by atoms with Crippen molar-refractivity contribution in [2.75, 3.05) is 12.4 Å². The van der Waals surface area contributed by atoms with Crippen molar-refractivity contribution in [2.45, 2.75) is 37.6 Å². The van der Waals surface area contributed by atoms with Crippen LogP contribution in [0.5, 0.6) is 5.75 Å². The molecule has 1 aliphatic heterocycles. The van der Waals surface area contributed by atoms with Crippen LogP contribution in [0.25, 0.3) is 0 Å². The summed E-state index contributed by atoms with van der Waals surface area (Å²) in [7, 11) is 1.02. The van der Waals surface area contributed by atoms with Gasteiger partial charge in [0.1, 0.15) is 23.9 Å². The Balaban J connectivity index is 2.07. The normalized spacial score (nSPS) is 25.0. The van der Waals surface area contributed by atoms with Gasteiger partial charge in [0.05, 0.1) is 7.11 Å². The van der Waals surface area contributed by atoms with Crippen LogP contribution in [0.4, 0.5) is 27.8 Å². The highest BCUT2D eigenvalue weighted by atomic mass is 19.4. The quantitative estimate of drug-likeness (QED) is 0.644. The summed E-state index contributed by atoms with van der Waals surface area (Å²) in [6.07, 6.45) is -5.79. The summed E-state index contributed by atoms with van der Waals surface area (Å²) in [6, 6.07) is 2.79. The molecule has 0 unspecified atom stereocenters. The minimum Gasteiger partial charge on any atom is -0.493 e. The first-order valence-electron chi connectivity index (χ1n) is 9.51. The number of carbonyl (C=O) groups is 2. The average molecular weight is 474 g/mol. The van der Waals surface area contributed by atoms with E-state index in [1.54, 1.807) is 0 Å². The first-order valence-corrected chi connectivity index (χ1v) is 9.51. The Morgan fingerprint density at radius 1 is 1.24 bits per heavy atom. The fraction of sp³-hybridized carbons (Fsp3) is 0.400. The van der Waals surface area contributed by atoms with Gasteiger partial charge in [0.15, 0.2) is 17.2 Å². The molecule has 178 valence electrons. The zero-order valence-electron chi connectivity index (χ0n) is 17.5. The molecule has 8 nitrogen and oxygen atoms in total. The molecule has 0 aliphatic carbocycles. The van der Waals surface area contributed by atoms with Gasteiger partial charge in [-0.1, -0.05) is 13.0 Å². The Kier molecular flexibility index (Phi) is 6.29. The van der Waals surface area contributed by atoms with Crippen molar-refractivity contribution in [3.05, 3.63) is 47.4 Å². The van der Waals surface area contributed by atoms with Gasteiger partial charge >= 0.3 is 6.18 Å². The topological polar surface area (TPSA) is 116 Å². The molecule has 4 atom stereocenters. The molecule has 1 aromatic heterocycles. The van der Waals surface area contributed by atoms with Crippen molar-refractivity contribution in [1.29, 1.82) is 0 Å². The summed E-state index contributed by atoms with van der Waals surface area (Å²) in [6.45, 7) is 1.95. The second-order valence-corrected chi connectivity index (χ2v) is 7.58. The number of anilines is 1. The van der Waals surface area contributed by atoms with Gasteiger partial charge in [0.2, 0.25) is 5.82 Å². The number of nitrogens with two attached hydrogens (primary N) is 1. The number of hydrogen-bond donors (Lipinski definition) is 2. The van der Waals surface area contributed by atoms with Crippen LogP contribution in [0.1, 0.15) is 35.8 Å². The highest BCUT2D eigenvalue weighted by Gasteiger charge is 2.65. The van der Waals surface area contributed by atoms with Crippen molar-refractivity contribution in [3.63, 3.8) is 0 Å². The van der Waals surface area contributed by atoms with Crippen LogP contribution >= 0.6 is 0 Å². The Labute approximate surface area is 184 Å². The molecule has 0 bridgehead atoms. The zero-order valence-corrected chi connectivity index (χ0v) is 17.5. The molecule has 33 heavy (non-hydrogen) atoms. The Morgan fingerprint density at radius 2 is 1.91 bits per heavy atom. The van der Waals surface area contributed by atoms with Crippen LogP contribution in [0.15, 0.2) is 24.5 Å². The third-order valence-electron chi connectivity index (χ3n) is 5.74. The minimum atomic E-state index is -4.90. The molecule has 0 saturated carbocycles. The summed E-state index contributed by atoms with van der Waals surface area (Å²) < 4.78 is 80.0. The van der Waals surface area contributed by atoms with Gasteiger partial charge in [-0.05, 0) is 13.0 Å². The number of amides is 2. The molecule has 2 amide bonds. The minimum absolute atomic E-state index is 0.183. The largest absolute Gasteiger partial charge is 0.493 e. The zero-order chi connectivity index (χ0) is 24.7. The molecule has 1 aromatic carbocycles. The van der Waals surface area contributed by atoms with E-state index < -0.39 is 58.9 Å². The van der Waals surface area contributed by atoms with E-state index in [0.717, 1.165) is 38.6 Å². The summed E-state index contributed by atoms with van der Waals surface area (Å²) in [5, 5.41) is 2.25. The van der Waals surface area contributed by atoms with E-state index in [4.69, 9.17) is 15.2 Å². The fourth-order valence-electron chi connectivity index (χ4n) is 3.80. The monoisotopic (exact) mass is 474 g/mol. The number of primary amides is 1. The van der Waals surface area contributed by atoms with Crippen LogP contribution in [0.3, 0.4) is 0 Å². The molecule has 3 N–H and O–H groups in total. The third-order valence-corrected chi connectivity index (χ3v) is 5.74. The Hall–Kier alpha value is -3.35. The molecule has 2 heterocycles. The predicted octanol–water partition coefficient (Wildman–Crippen LogP) is 2.94. The average Bonchev–Trinajstić information content (AvgIpc) is 3.02. The van der Waals surface area contributed by atoms with Crippen LogP contribution in [0.2, 0.25) is 0 Å². The number of nitrogens with one attached hydrogen (secondary N) is 1. The molecule has 0 spiro atoms. The first-order chi connectivity index (χ1) is 15.3. The number of nitrogens with zero attached hydrogens (tertiary/aromatic N) is 2. The third kappa shape index (κ3) is 4.19. The van der Waals surface area contributed by atoms with Gasteiger partial charge in [-0.25, -0.2) is 14.4 Å². The number of halogens is 5. The van der Waals surface area contributed by atoms with Crippen molar-refractivity contribution >= 4 is 17.6 Å². The van der Waals surface area contributed by atoms with Crippen molar-refractivity contribution < 1.29 is 41.0 Å².